The molecule has 0 fully saturated rings. The van der Waals surface area contributed by atoms with E-state index in [1.165, 1.54) is 26.6 Å². The Morgan fingerprint density at radius 3 is 2.63 bits per heavy atom. The van der Waals surface area contributed by atoms with E-state index in [0.29, 0.717) is 24.4 Å². The summed E-state index contributed by atoms with van der Waals surface area (Å²) in [7, 11) is -0.598. The van der Waals surface area contributed by atoms with E-state index in [-0.39, 0.29) is 10.7 Å². The number of sulfonamides is 1. The third kappa shape index (κ3) is 3.55. The molecule has 0 N–H and O–H groups in total. The summed E-state index contributed by atoms with van der Waals surface area (Å²) in [6.45, 7) is 3.02. The van der Waals surface area contributed by atoms with Crippen molar-refractivity contribution in [2.75, 3.05) is 14.1 Å². The third-order valence-corrected chi connectivity index (χ3v) is 5.97. The predicted octanol–water partition coefficient (Wildman–Crippen LogP) is 1.85. The Morgan fingerprint density at radius 1 is 1.30 bits per heavy atom. The summed E-state index contributed by atoms with van der Waals surface area (Å²) in [5.41, 5.74) is 1.38. The van der Waals surface area contributed by atoms with E-state index in [1.807, 2.05) is 11.5 Å². The van der Waals surface area contributed by atoms with E-state index in [4.69, 9.17) is 0 Å². The maximum absolute atomic E-state index is 12.4. The van der Waals surface area contributed by atoms with Crippen LogP contribution in [0, 0.1) is 10.1 Å². The SMILES string of the molecule is CCCn1c(Cn2cnc([N+](=O)[O-])c2)nc2cc(S(=O)(=O)N(C)C)ccc21. The number of nitro groups is 1. The largest absolute Gasteiger partial charge is 0.381 e. The van der Waals surface area contributed by atoms with Gasteiger partial charge in [0.05, 0.1) is 22.5 Å². The topological polar surface area (TPSA) is 116 Å². The maximum Gasteiger partial charge on any atom is 0.381 e. The number of hydrogen-bond donors (Lipinski definition) is 0. The van der Waals surface area contributed by atoms with Crippen LogP contribution in [0.3, 0.4) is 0 Å². The van der Waals surface area contributed by atoms with Crippen LogP contribution < -0.4 is 0 Å². The van der Waals surface area contributed by atoms with Crippen molar-refractivity contribution in [1.29, 1.82) is 0 Å². The third-order valence-electron chi connectivity index (χ3n) is 4.16. The van der Waals surface area contributed by atoms with Crippen LogP contribution in [0.25, 0.3) is 11.0 Å². The molecule has 0 atom stereocenters. The van der Waals surface area contributed by atoms with E-state index in [1.54, 1.807) is 22.8 Å². The quantitative estimate of drug-likeness (QED) is 0.447. The van der Waals surface area contributed by atoms with E-state index >= 15 is 0 Å². The standard InChI is InChI=1S/C16H20N6O4S/c1-4-7-21-14-6-5-12(27(25,26)19(2)3)8-13(14)18-16(21)10-20-9-15(17-11-20)22(23)24/h5-6,8-9,11H,4,7,10H2,1-3H3. The second-order valence-corrected chi connectivity index (χ2v) is 8.43. The number of aryl methyl sites for hydroxylation is 1. The lowest BCUT2D eigenvalue weighted by Crippen LogP contribution is -2.22. The summed E-state index contributed by atoms with van der Waals surface area (Å²) >= 11 is 0. The molecular formula is C16H20N6O4S. The number of nitrogens with zero attached hydrogens (tertiary/aromatic N) is 6. The van der Waals surface area contributed by atoms with Crippen molar-refractivity contribution in [2.24, 2.45) is 0 Å². The normalized spacial score (nSPS) is 12.1. The van der Waals surface area contributed by atoms with Gasteiger partial charge in [0, 0.05) is 20.6 Å². The maximum atomic E-state index is 12.4. The molecule has 27 heavy (non-hydrogen) atoms. The van der Waals surface area contributed by atoms with Gasteiger partial charge < -0.3 is 19.2 Å². The van der Waals surface area contributed by atoms with Crippen LogP contribution in [-0.4, -0.2) is 50.8 Å². The second-order valence-electron chi connectivity index (χ2n) is 6.28. The van der Waals surface area contributed by atoms with Gasteiger partial charge in [-0.15, -0.1) is 0 Å². The first-order valence-corrected chi connectivity index (χ1v) is 9.76. The Kier molecular flexibility index (Phi) is 4.98. The molecule has 0 aliphatic carbocycles. The molecule has 0 saturated heterocycles. The lowest BCUT2D eigenvalue weighted by Gasteiger charge is -2.11. The zero-order chi connectivity index (χ0) is 19.8. The Labute approximate surface area is 156 Å². The van der Waals surface area contributed by atoms with Crippen molar-refractivity contribution in [3.05, 3.63) is 46.7 Å². The van der Waals surface area contributed by atoms with Gasteiger partial charge in [0.25, 0.3) is 0 Å². The minimum atomic E-state index is -3.56. The fourth-order valence-electron chi connectivity index (χ4n) is 2.82. The van der Waals surface area contributed by atoms with E-state index in [9.17, 15) is 18.5 Å². The van der Waals surface area contributed by atoms with Crippen molar-refractivity contribution in [1.82, 2.24) is 23.4 Å². The van der Waals surface area contributed by atoms with Gasteiger partial charge >= 0.3 is 5.82 Å². The zero-order valence-electron chi connectivity index (χ0n) is 15.2. The second kappa shape index (κ2) is 7.08. The molecule has 0 radical (unpaired) electrons. The molecule has 0 aliphatic rings. The highest BCUT2D eigenvalue weighted by molar-refractivity contribution is 7.89. The fraction of sp³-hybridized carbons (Fsp3) is 0.375. The van der Waals surface area contributed by atoms with Crippen LogP contribution in [0.15, 0.2) is 35.6 Å². The molecular weight excluding hydrogens is 372 g/mol. The van der Waals surface area contributed by atoms with Crippen molar-refractivity contribution in [3.8, 4) is 0 Å². The average Bonchev–Trinajstić information content (AvgIpc) is 3.20. The predicted molar refractivity (Wildman–Crippen MR) is 98.9 cm³/mol. The van der Waals surface area contributed by atoms with Crippen LogP contribution in [0.2, 0.25) is 0 Å². The van der Waals surface area contributed by atoms with Gasteiger partial charge in [-0.25, -0.2) is 17.7 Å². The summed E-state index contributed by atoms with van der Waals surface area (Å²) in [6, 6.07) is 4.86. The van der Waals surface area contributed by atoms with Gasteiger partial charge in [0.2, 0.25) is 16.4 Å². The lowest BCUT2D eigenvalue weighted by molar-refractivity contribution is -0.389. The fourth-order valence-corrected chi connectivity index (χ4v) is 3.74. The van der Waals surface area contributed by atoms with Gasteiger partial charge in [-0.1, -0.05) is 6.92 Å². The molecule has 11 heteroatoms. The van der Waals surface area contributed by atoms with Gasteiger partial charge in [-0.2, -0.15) is 0 Å². The number of imidazole rings is 2. The smallest absolute Gasteiger partial charge is 0.358 e. The summed E-state index contributed by atoms with van der Waals surface area (Å²) in [5, 5.41) is 10.8. The average molecular weight is 392 g/mol. The van der Waals surface area contributed by atoms with Crippen LogP contribution in [-0.2, 0) is 23.1 Å². The Bertz CT molecular complexity index is 1100. The first-order valence-electron chi connectivity index (χ1n) is 8.32. The first kappa shape index (κ1) is 19.0. The molecule has 2 heterocycles. The van der Waals surface area contributed by atoms with Gasteiger partial charge in [0.15, 0.2) is 0 Å². The van der Waals surface area contributed by atoms with Gasteiger partial charge in [-0.05, 0) is 34.5 Å². The molecule has 0 spiro atoms. The molecule has 2 aromatic heterocycles. The van der Waals surface area contributed by atoms with Gasteiger partial charge in [-0.3, -0.25) is 0 Å². The van der Waals surface area contributed by atoms with Crippen molar-refractivity contribution < 1.29 is 13.3 Å². The highest BCUT2D eigenvalue weighted by Gasteiger charge is 2.20. The molecule has 3 rings (SSSR count). The molecule has 0 aliphatic heterocycles. The van der Waals surface area contributed by atoms with Crippen molar-refractivity contribution in [3.63, 3.8) is 0 Å². The zero-order valence-corrected chi connectivity index (χ0v) is 16.0. The van der Waals surface area contributed by atoms with Crippen LogP contribution in [0.4, 0.5) is 5.82 Å². The first-order chi connectivity index (χ1) is 12.7. The Balaban J connectivity index is 2.06. The summed E-state index contributed by atoms with van der Waals surface area (Å²) in [6.07, 6.45) is 3.59. The van der Waals surface area contributed by atoms with Crippen molar-refractivity contribution >= 4 is 26.9 Å². The number of rotatable bonds is 7. The molecule has 0 unspecified atom stereocenters. The minimum Gasteiger partial charge on any atom is -0.358 e. The molecule has 1 aromatic carbocycles. The molecule has 144 valence electrons. The monoisotopic (exact) mass is 392 g/mol. The lowest BCUT2D eigenvalue weighted by atomic mass is 10.3. The number of fused-ring (bicyclic) bond motifs is 1. The van der Waals surface area contributed by atoms with Crippen LogP contribution in [0.5, 0.6) is 0 Å². The summed E-state index contributed by atoms with van der Waals surface area (Å²) in [5.74, 6) is 0.450. The summed E-state index contributed by atoms with van der Waals surface area (Å²) in [4.78, 5) is 18.8. The highest BCUT2D eigenvalue weighted by atomic mass is 32.2. The van der Waals surface area contributed by atoms with Crippen LogP contribution in [0.1, 0.15) is 19.2 Å². The van der Waals surface area contributed by atoms with E-state index in [2.05, 4.69) is 9.97 Å². The highest BCUT2D eigenvalue weighted by Crippen LogP contribution is 2.23. The molecule has 0 bridgehead atoms. The van der Waals surface area contributed by atoms with E-state index in [0.717, 1.165) is 16.2 Å². The molecule has 0 amide bonds. The van der Waals surface area contributed by atoms with E-state index < -0.39 is 14.9 Å². The van der Waals surface area contributed by atoms with Gasteiger partial charge in [0.1, 0.15) is 12.0 Å². The molecule has 10 nitrogen and oxygen atoms in total. The molecule has 3 aromatic rings. The van der Waals surface area contributed by atoms with Crippen molar-refractivity contribution in [2.45, 2.75) is 31.3 Å². The number of hydrogen-bond acceptors (Lipinski definition) is 6. The number of benzene rings is 1. The summed E-state index contributed by atoms with van der Waals surface area (Å²) < 4.78 is 29.5. The Hall–Kier alpha value is -2.79. The van der Waals surface area contributed by atoms with Crippen LogP contribution >= 0.6 is 0 Å². The molecule has 0 saturated carbocycles. The minimum absolute atomic E-state index is 0.172. The Morgan fingerprint density at radius 2 is 2.04 bits per heavy atom. The number of aromatic nitrogens is 4.